The molecule has 0 radical (unpaired) electrons. The number of rotatable bonds is 4. The molecule has 2 rings (SSSR count). The molecule has 0 aromatic carbocycles. The van der Waals surface area contributed by atoms with Gasteiger partial charge >= 0.3 is 0 Å². The molecular weight excluding hydrogens is 290 g/mol. The number of aldehydes is 1. The van der Waals surface area contributed by atoms with Gasteiger partial charge in [-0.2, -0.15) is 0 Å². The van der Waals surface area contributed by atoms with Gasteiger partial charge in [-0.3, -0.25) is 4.79 Å². The van der Waals surface area contributed by atoms with Crippen LogP contribution < -0.4 is 4.90 Å². The van der Waals surface area contributed by atoms with E-state index in [1.165, 1.54) is 5.56 Å². The summed E-state index contributed by atoms with van der Waals surface area (Å²) in [5, 5.41) is 2.09. The fraction of sp³-hybridized carbons (Fsp3) is 0.182. The van der Waals surface area contributed by atoms with Gasteiger partial charge in [-0.15, -0.1) is 11.3 Å². The zero-order valence-electron chi connectivity index (χ0n) is 8.64. The summed E-state index contributed by atoms with van der Waals surface area (Å²) < 4.78 is 6.44. The Kier molecular flexibility index (Phi) is 3.46. The van der Waals surface area contributed by atoms with Crippen molar-refractivity contribution < 1.29 is 9.21 Å². The van der Waals surface area contributed by atoms with Crippen molar-refractivity contribution >= 4 is 39.4 Å². The number of nitrogens with zero attached hydrogens (tertiary/aromatic N) is 1. The van der Waals surface area contributed by atoms with E-state index in [2.05, 4.69) is 27.4 Å². The van der Waals surface area contributed by atoms with Gasteiger partial charge in [0.15, 0.2) is 17.9 Å². The van der Waals surface area contributed by atoms with Gasteiger partial charge in [-0.25, -0.2) is 0 Å². The van der Waals surface area contributed by atoms with Crippen molar-refractivity contribution in [1.82, 2.24) is 0 Å². The Hall–Kier alpha value is -1.07. The van der Waals surface area contributed by atoms with Crippen molar-refractivity contribution in [1.29, 1.82) is 0 Å². The minimum atomic E-state index is 0.355. The summed E-state index contributed by atoms with van der Waals surface area (Å²) in [6.45, 7) is 0.758. The molecule has 5 heteroatoms. The second-order valence-corrected chi connectivity index (χ2v) is 5.70. The van der Waals surface area contributed by atoms with Crippen LogP contribution in [0.1, 0.15) is 16.1 Å². The summed E-state index contributed by atoms with van der Waals surface area (Å²) in [7, 11) is 1.93. The lowest BCUT2D eigenvalue weighted by Gasteiger charge is -2.14. The minimum Gasteiger partial charge on any atom is -0.438 e. The number of hydrogen-bond donors (Lipinski definition) is 0. The molecule has 3 nitrogen and oxygen atoms in total. The van der Waals surface area contributed by atoms with Crippen LogP contribution in [0.3, 0.4) is 0 Å². The SMILES string of the molecule is CN(Cc1csc(Br)c1)c1ccc(C=O)o1. The molecule has 84 valence electrons. The quantitative estimate of drug-likeness (QED) is 0.810. The van der Waals surface area contributed by atoms with E-state index < -0.39 is 0 Å². The van der Waals surface area contributed by atoms with Crippen molar-refractivity contribution in [2.75, 3.05) is 11.9 Å². The largest absolute Gasteiger partial charge is 0.438 e. The van der Waals surface area contributed by atoms with E-state index in [4.69, 9.17) is 4.42 Å². The summed E-state index contributed by atoms with van der Waals surface area (Å²) in [5.74, 6) is 1.05. The van der Waals surface area contributed by atoms with Crippen LogP contribution >= 0.6 is 27.3 Å². The summed E-state index contributed by atoms with van der Waals surface area (Å²) >= 11 is 5.08. The Labute approximate surface area is 106 Å². The Morgan fingerprint density at radius 3 is 2.94 bits per heavy atom. The van der Waals surface area contributed by atoms with Crippen LogP contribution in [0.2, 0.25) is 0 Å². The van der Waals surface area contributed by atoms with Gasteiger partial charge in [0.2, 0.25) is 0 Å². The third kappa shape index (κ3) is 2.54. The highest BCUT2D eigenvalue weighted by Crippen LogP contribution is 2.24. The van der Waals surface area contributed by atoms with Crippen LogP contribution in [0, 0.1) is 0 Å². The molecule has 0 saturated carbocycles. The Bertz CT molecular complexity index is 492. The van der Waals surface area contributed by atoms with E-state index >= 15 is 0 Å². The molecule has 0 saturated heterocycles. The van der Waals surface area contributed by atoms with E-state index in [1.54, 1.807) is 23.5 Å². The number of furan rings is 1. The topological polar surface area (TPSA) is 33.5 Å². The molecule has 0 unspecified atom stereocenters. The highest BCUT2D eigenvalue weighted by Gasteiger charge is 2.08. The molecular formula is C11H10BrNO2S. The molecule has 0 aliphatic carbocycles. The summed E-state index contributed by atoms with van der Waals surface area (Å²) in [5.41, 5.74) is 1.21. The molecule has 2 aromatic rings. The predicted octanol–water partition coefficient (Wildman–Crippen LogP) is 3.55. The van der Waals surface area contributed by atoms with E-state index in [1.807, 2.05) is 11.9 Å². The van der Waals surface area contributed by atoms with Gasteiger partial charge in [0.25, 0.3) is 0 Å². The van der Waals surface area contributed by atoms with Crippen molar-refractivity contribution in [3.8, 4) is 0 Å². The summed E-state index contributed by atoms with van der Waals surface area (Å²) in [4.78, 5) is 12.4. The van der Waals surface area contributed by atoms with Gasteiger partial charge in [0, 0.05) is 19.7 Å². The zero-order valence-corrected chi connectivity index (χ0v) is 11.0. The van der Waals surface area contributed by atoms with Crippen LogP contribution in [-0.2, 0) is 6.54 Å². The molecule has 2 heterocycles. The van der Waals surface area contributed by atoms with Crippen LogP contribution in [0.4, 0.5) is 5.88 Å². The molecule has 0 spiro atoms. The molecule has 0 N–H and O–H groups in total. The van der Waals surface area contributed by atoms with E-state index in [-0.39, 0.29) is 0 Å². The zero-order chi connectivity index (χ0) is 11.5. The normalized spacial score (nSPS) is 10.4. The molecule has 0 fully saturated rings. The maximum Gasteiger partial charge on any atom is 0.196 e. The fourth-order valence-corrected chi connectivity index (χ4v) is 2.59. The third-order valence-corrected chi connectivity index (χ3v) is 3.70. The van der Waals surface area contributed by atoms with Crippen molar-refractivity contribution in [3.63, 3.8) is 0 Å². The van der Waals surface area contributed by atoms with Gasteiger partial charge in [0.1, 0.15) is 0 Å². The first-order chi connectivity index (χ1) is 7.69. The third-order valence-electron chi connectivity index (χ3n) is 2.15. The lowest BCUT2D eigenvalue weighted by atomic mass is 10.3. The number of anilines is 1. The van der Waals surface area contributed by atoms with Gasteiger partial charge < -0.3 is 9.32 Å². The molecule has 0 bridgehead atoms. The van der Waals surface area contributed by atoms with Crippen LogP contribution in [0.15, 0.2) is 31.8 Å². The Morgan fingerprint density at radius 1 is 1.56 bits per heavy atom. The Balaban J connectivity index is 2.07. The standard InChI is InChI=1S/C11H10BrNO2S/c1-13(5-8-4-10(12)16-7-8)11-3-2-9(6-14)15-11/h2-4,6-7H,5H2,1H3. The predicted molar refractivity (Wildman–Crippen MR) is 68.2 cm³/mol. The smallest absolute Gasteiger partial charge is 0.196 e. The highest BCUT2D eigenvalue weighted by molar-refractivity contribution is 9.11. The second kappa shape index (κ2) is 4.84. The summed E-state index contributed by atoms with van der Waals surface area (Å²) in [6.07, 6.45) is 0.707. The average Bonchev–Trinajstić information content (AvgIpc) is 2.87. The first-order valence-electron chi connectivity index (χ1n) is 4.68. The van der Waals surface area contributed by atoms with Crippen LogP contribution in [0.25, 0.3) is 0 Å². The monoisotopic (exact) mass is 299 g/mol. The van der Waals surface area contributed by atoms with E-state index in [0.29, 0.717) is 17.9 Å². The molecule has 16 heavy (non-hydrogen) atoms. The first kappa shape index (κ1) is 11.4. The fourth-order valence-electron chi connectivity index (χ4n) is 1.39. The number of thiophene rings is 1. The maximum atomic E-state index is 10.5. The van der Waals surface area contributed by atoms with E-state index in [9.17, 15) is 4.79 Å². The molecule has 0 atom stereocenters. The number of carbonyl (C=O) groups excluding carboxylic acids is 1. The molecule has 0 aliphatic heterocycles. The lowest BCUT2D eigenvalue weighted by Crippen LogP contribution is -2.14. The lowest BCUT2D eigenvalue weighted by molar-refractivity contribution is 0.110. The Morgan fingerprint density at radius 2 is 2.38 bits per heavy atom. The number of hydrogen-bond acceptors (Lipinski definition) is 4. The first-order valence-corrected chi connectivity index (χ1v) is 6.35. The van der Waals surface area contributed by atoms with Crippen molar-refractivity contribution in [2.45, 2.75) is 6.54 Å². The van der Waals surface area contributed by atoms with Gasteiger partial charge in [-0.1, -0.05) is 0 Å². The van der Waals surface area contributed by atoms with Crippen molar-refractivity contribution in [3.05, 3.63) is 38.7 Å². The maximum absolute atomic E-state index is 10.5. The minimum absolute atomic E-state index is 0.355. The number of carbonyl (C=O) groups is 1. The second-order valence-electron chi connectivity index (χ2n) is 3.41. The molecule has 0 amide bonds. The van der Waals surface area contributed by atoms with Crippen LogP contribution in [0.5, 0.6) is 0 Å². The average molecular weight is 300 g/mol. The molecule has 0 aliphatic rings. The number of halogens is 1. The van der Waals surface area contributed by atoms with Gasteiger partial charge in [0.05, 0.1) is 3.79 Å². The van der Waals surface area contributed by atoms with E-state index in [0.717, 1.165) is 10.3 Å². The van der Waals surface area contributed by atoms with Gasteiger partial charge in [-0.05, 0) is 39.0 Å². The van der Waals surface area contributed by atoms with Crippen molar-refractivity contribution in [2.24, 2.45) is 0 Å². The van der Waals surface area contributed by atoms with Crippen LogP contribution in [-0.4, -0.2) is 13.3 Å². The highest BCUT2D eigenvalue weighted by atomic mass is 79.9. The molecule has 2 aromatic heterocycles. The summed E-state index contributed by atoms with van der Waals surface area (Å²) in [6, 6.07) is 5.54.